The Kier molecular flexibility index (Phi) is 2.40. The van der Waals surface area contributed by atoms with Gasteiger partial charge >= 0.3 is 5.97 Å². The fourth-order valence-corrected chi connectivity index (χ4v) is 3.77. The molecule has 2 saturated carbocycles. The summed E-state index contributed by atoms with van der Waals surface area (Å²) in [4.78, 5) is 23.9. The lowest BCUT2D eigenvalue weighted by Crippen LogP contribution is -2.29. The van der Waals surface area contributed by atoms with Crippen molar-refractivity contribution in [2.24, 2.45) is 17.3 Å². The lowest BCUT2D eigenvalue weighted by Gasteiger charge is -2.33. The van der Waals surface area contributed by atoms with E-state index in [2.05, 4.69) is 13.5 Å². The monoisotopic (exact) mass is 258 g/mol. The van der Waals surface area contributed by atoms with Crippen molar-refractivity contribution in [3.63, 3.8) is 0 Å². The van der Waals surface area contributed by atoms with E-state index in [9.17, 15) is 9.59 Å². The summed E-state index contributed by atoms with van der Waals surface area (Å²) in [6, 6.07) is 0. The van der Waals surface area contributed by atoms with Crippen molar-refractivity contribution in [3.05, 3.63) is 34.9 Å². The van der Waals surface area contributed by atoms with E-state index in [1.165, 1.54) is 12.7 Å². The molecule has 0 aromatic rings. The number of esters is 1. The molecule has 0 spiro atoms. The SMILES string of the molecule is C=C1C2=C/C(=C(\C)C(=O)OC)C(=O)C[C@@]2(C)[C@@H]2C[C@H]12. The Morgan fingerprint density at radius 1 is 1.53 bits per heavy atom. The Morgan fingerprint density at radius 2 is 2.21 bits per heavy atom. The average molecular weight is 258 g/mol. The van der Waals surface area contributed by atoms with E-state index >= 15 is 0 Å². The molecule has 0 aromatic carbocycles. The summed E-state index contributed by atoms with van der Waals surface area (Å²) in [5.74, 6) is 0.754. The Hall–Kier alpha value is -1.64. The number of rotatable bonds is 1. The third-order valence-corrected chi connectivity index (χ3v) is 5.03. The van der Waals surface area contributed by atoms with Crippen molar-refractivity contribution in [1.29, 1.82) is 0 Å². The highest BCUT2D eigenvalue weighted by Crippen LogP contribution is 2.69. The summed E-state index contributed by atoms with van der Waals surface area (Å²) in [5, 5.41) is 0. The molecule has 0 aliphatic heterocycles. The van der Waals surface area contributed by atoms with Gasteiger partial charge in [0.2, 0.25) is 0 Å². The van der Waals surface area contributed by atoms with Crippen molar-refractivity contribution < 1.29 is 14.3 Å². The molecule has 2 fully saturated rings. The van der Waals surface area contributed by atoms with Gasteiger partial charge < -0.3 is 4.74 Å². The van der Waals surface area contributed by atoms with Crippen molar-refractivity contribution in [3.8, 4) is 0 Å². The predicted molar refractivity (Wildman–Crippen MR) is 71.3 cm³/mol. The van der Waals surface area contributed by atoms with Gasteiger partial charge in [0.05, 0.1) is 7.11 Å². The molecule has 0 bridgehead atoms. The van der Waals surface area contributed by atoms with Crippen LogP contribution in [0.5, 0.6) is 0 Å². The maximum atomic E-state index is 12.3. The average Bonchev–Trinajstić information content (AvgIpc) is 3.13. The van der Waals surface area contributed by atoms with Gasteiger partial charge in [0, 0.05) is 23.0 Å². The Labute approximate surface area is 113 Å². The summed E-state index contributed by atoms with van der Waals surface area (Å²) in [7, 11) is 1.33. The largest absolute Gasteiger partial charge is 0.466 e. The van der Waals surface area contributed by atoms with Crippen LogP contribution in [0, 0.1) is 17.3 Å². The van der Waals surface area contributed by atoms with Crippen LogP contribution in [-0.2, 0) is 14.3 Å². The minimum Gasteiger partial charge on any atom is -0.466 e. The first-order valence-electron chi connectivity index (χ1n) is 6.64. The fraction of sp³-hybridized carbons (Fsp3) is 0.500. The van der Waals surface area contributed by atoms with Crippen LogP contribution in [0.15, 0.2) is 34.9 Å². The van der Waals surface area contributed by atoms with Crippen molar-refractivity contribution >= 4 is 11.8 Å². The van der Waals surface area contributed by atoms with E-state index < -0.39 is 5.97 Å². The van der Waals surface area contributed by atoms with E-state index in [4.69, 9.17) is 4.74 Å². The number of hydrogen-bond acceptors (Lipinski definition) is 3. The Bertz CT molecular complexity index is 579. The Balaban J connectivity index is 2.10. The van der Waals surface area contributed by atoms with Crippen LogP contribution in [-0.4, -0.2) is 18.9 Å². The maximum Gasteiger partial charge on any atom is 0.334 e. The highest BCUT2D eigenvalue weighted by molar-refractivity contribution is 6.07. The van der Waals surface area contributed by atoms with E-state index in [-0.39, 0.29) is 11.2 Å². The van der Waals surface area contributed by atoms with Crippen LogP contribution in [0.1, 0.15) is 26.7 Å². The van der Waals surface area contributed by atoms with Crippen LogP contribution in [0.2, 0.25) is 0 Å². The third kappa shape index (κ3) is 1.50. The minimum atomic E-state index is -0.433. The van der Waals surface area contributed by atoms with E-state index in [1.54, 1.807) is 6.92 Å². The molecule has 0 saturated heterocycles. The van der Waals surface area contributed by atoms with Gasteiger partial charge in [-0.1, -0.05) is 13.5 Å². The molecular formula is C16H18O3. The van der Waals surface area contributed by atoms with Crippen molar-refractivity contribution in [2.45, 2.75) is 26.7 Å². The summed E-state index contributed by atoms with van der Waals surface area (Å²) < 4.78 is 4.71. The minimum absolute atomic E-state index is 0.0505. The summed E-state index contributed by atoms with van der Waals surface area (Å²) in [5.41, 5.74) is 3.18. The first kappa shape index (κ1) is 12.4. The zero-order valence-electron chi connectivity index (χ0n) is 11.6. The first-order chi connectivity index (χ1) is 8.90. The predicted octanol–water partition coefficient (Wildman–Crippen LogP) is 2.59. The van der Waals surface area contributed by atoms with Gasteiger partial charge in [-0.05, 0) is 42.4 Å². The van der Waals surface area contributed by atoms with Gasteiger partial charge in [0.1, 0.15) is 0 Å². The number of methoxy groups -OCH3 is 1. The lowest BCUT2D eigenvalue weighted by molar-refractivity contribution is -0.136. The van der Waals surface area contributed by atoms with Crippen molar-refractivity contribution in [1.82, 2.24) is 0 Å². The topological polar surface area (TPSA) is 43.4 Å². The van der Waals surface area contributed by atoms with Gasteiger partial charge in [0.25, 0.3) is 0 Å². The first-order valence-corrected chi connectivity index (χ1v) is 6.64. The summed E-state index contributed by atoms with van der Waals surface area (Å²) in [6.45, 7) is 7.98. The van der Waals surface area contributed by atoms with Crippen LogP contribution in [0.4, 0.5) is 0 Å². The number of Topliss-reactive ketones (excluding diaryl/α,β-unsaturated/α-hetero) is 1. The maximum absolute atomic E-state index is 12.3. The number of fused-ring (bicyclic) bond motifs is 3. The lowest BCUT2D eigenvalue weighted by atomic mass is 9.70. The second-order valence-electron chi connectivity index (χ2n) is 6.08. The molecule has 3 nitrogen and oxygen atoms in total. The molecule has 19 heavy (non-hydrogen) atoms. The zero-order chi connectivity index (χ0) is 13.9. The third-order valence-electron chi connectivity index (χ3n) is 5.03. The van der Waals surface area contributed by atoms with Gasteiger partial charge in [0.15, 0.2) is 5.78 Å². The number of carbonyl (C=O) groups is 2. The van der Waals surface area contributed by atoms with Crippen LogP contribution < -0.4 is 0 Å². The second-order valence-corrected chi connectivity index (χ2v) is 6.08. The molecule has 3 rings (SSSR count). The Morgan fingerprint density at radius 3 is 2.84 bits per heavy atom. The zero-order valence-corrected chi connectivity index (χ0v) is 11.6. The highest BCUT2D eigenvalue weighted by Gasteiger charge is 2.61. The van der Waals surface area contributed by atoms with Crippen LogP contribution >= 0.6 is 0 Å². The molecule has 3 aliphatic carbocycles. The number of ether oxygens (including phenoxy) is 1. The molecule has 3 aliphatic rings. The van der Waals surface area contributed by atoms with E-state index in [1.807, 2.05) is 6.08 Å². The number of allylic oxidation sites excluding steroid dienone is 4. The fourth-order valence-electron chi connectivity index (χ4n) is 3.77. The smallest absolute Gasteiger partial charge is 0.334 e. The number of hydrogen-bond donors (Lipinski definition) is 0. The van der Waals surface area contributed by atoms with Gasteiger partial charge in [-0.25, -0.2) is 4.79 Å². The van der Waals surface area contributed by atoms with Crippen LogP contribution in [0.25, 0.3) is 0 Å². The highest BCUT2D eigenvalue weighted by atomic mass is 16.5. The summed E-state index contributed by atoms with van der Waals surface area (Å²) >= 11 is 0. The number of ketones is 1. The summed E-state index contributed by atoms with van der Waals surface area (Å²) in [6.07, 6.45) is 3.53. The molecule has 0 radical (unpaired) electrons. The normalized spacial score (nSPS) is 38.4. The molecular weight excluding hydrogens is 240 g/mol. The molecule has 0 unspecified atom stereocenters. The van der Waals surface area contributed by atoms with Gasteiger partial charge in [-0.3, -0.25) is 4.79 Å². The molecule has 0 aromatic heterocycles. The van der Waals surface area contributed by atoms with E-state index in [0.29, 0.717) is 29.4 Å². The quantitative estimate of drug-likeness (QED) is 0.536. The molecule has 0 heterocycles. The molecule has 100 valence electrons. The second kappa shape index (κ2) is 3.69. The molecule has 3 heteroatoms. The molecule has 0 amide bonds. The number of carbonyl (C=O) groups excluding carboxylic acids is 2. The van der Waals surface area contributed by atoms with Crippen molar-refractivity contribution in [2.75, 3.05) is 7.11 Å². The molecule has 3 atom stereocenters. The van der Waals surface area contributed by atoms with E-state index in [0.717, 1.165) is 12.0 Å². The van der Waals surface area contributed by atoms with Gasteiger partial charge in [-0.15, -0.1) is 0 Å². The standard InChI is InChI=1S/C16H18O3/c1-8-10-5-13(10)16(3)7-14(17)11(6-12(8)16)9(2)15(18)19-4/h6,10,13H,1,5,7H2,2-4H3/b11-9-/t10-,13-,16-/m1/s1. The van der Waals surface area contributed by atoms with Gasteiger partial charge in [-0.2, -0.15) is 0 Å². The molecule has 0 N–H and O–H groups in total. The van der Waals surface area contributed by atoms with Crippen LogP contribution in [0.3, 0.4) is 0 Å².